The Morgan fingerprint density at radius 1 is 1.03 bits per heavy atom. The van der Waals surface area contributed by atoms with Crippen LogP contribution >= 0.6 is 0 Å². The van der Waals surface area contributed by atoms with Crippen molar-refractivity contribution in [2.45, 2.75) is 6.54 Å². The maximum absolute atomic E-state index is 5.39. The average molecular weight is 420 g/mol. The van der Waals surface area contributed by atoms with Crippen molar-refractivity contribution in [3.8, 4) is 17.1 Å². The van der Waals surface area contributed by atoms with Crippen LogP contribution in [0, 0.1) is 0 Å². The largest absolute Gasteiger partial charge is 0.481 e. The second-order valence-electron chi connectivity index (χ2n) is 7.30. The van der Waals surface area contributed by atoms with Gasteiger partial charge in [-0.1, -0.05) is 0 Å². The van der Waals surface area contributed by atoms with Crippen LogP contribution in [0.15, 0.2) is 49.1 Å². The molecule has 0 amide bonds. The standard InChI is InChI=1S/C21H24N8O2/c1-30-20-5-2-16(12-22-20)19-4-3-18-14-23-21(26-29(18)19)25-17-13-24-28(15-17)7-6-27-8-10-31-11-9-27/h2-5,12-15H,6-11H2,1H3,(H,25,26). The van der Waals surface area contributed by atoms with Crippen LogP contribution in [0.1, 0.15) is 0 Å². The van der Waals surface area contributed by atoms with Crippen LogP contribution in [0.3, 0.4) is 0 Å². The summed E-state index contributed by atoms with van der Waals surface area (Å²) in [4.78, 5) is 11.1. The highest BCUT2D eigenvalue weighted by Gasteiger charge is 2.11. The maximum Gasteiger partial charge on any atom is 0.245 e. The molecule has 0 bridgehead atoms. The summed E-state index contributed by atoms with van der Waals surface area (Å²) in [7, 11) is 1.60. The molecule has 5 heterocycles. The van der Waals surface area contributed by atoms with Crippen molar-refractivity contribution in [3.05, 3.63) is 49.1 Å². The van der Waals surface area contributed by atoms with E-state index >= 15 is 0 Å². The molecule has 1 N–H and O–H groups in total. The first-order chi connectivity index (χ1) is 15.3. The highest BCUT2D eigenvalue weighted by Crippen LogP contribution is 2.23. The lowest BCUT2D eigenvalue weighted by Crippen LogP contribution is -2.38. The predicted molar refractivity (Wildman–Crippen MR) is 116 cm³/mol. The molecule has 1 aliphatic rings. The summed E-state index contributed by atoms with van der Waals surface area (Å²) >= 11 is 0. The molecule has 10 nitrogen and oxygen atoms in total. The van der Waals surface area contributed by atoms with E-state index in [1.165, 1.54) is 0 Å². The van der Waals surface area contributed by atoms with Gasteiger partial charge in [-0.25, -0.2) is 14.5 Å². The van der Waals surface area contributed by atoms with Gasteiger partial charge in [0.25, 0.3) is 0 Å². The number of morpholine rings is 1. The van der Waals surface area contributed by atoms with Crippen molar-refractivity contribution in [2.24, 2.45) is 0 Å². The molecule has 0 spiro atoms. The minimum atomic E-state index is 0.499. The van der Waals surface area contributed by atoms with Gasteiger partial charge in [0.1, 0.15) is 0 Å². The highest BCUT2D eigenvalue weighted by atomic mass is 16.5. The smallest absolute Gasteiger partial charge is 0.245 e. The van der Waals surface area contributed by atoms with Gasteiger partial charge in [0.2, 0.25) is 11.8 Å². The minimum absolute atomic E-state index is 0.499. The lowest BCUT2D eigenvalue weighted by molar-refractivity contribution is 0.0360. The van der Waals surface area contributed by atoms with Crippen molar-refractivity contribution in [2.75, 3.05) is 45.3 Å². The minimum Gasteiger partial charge on any atom is -0.481 e. The zero-order valence-electron chi connectivity index (χ0n) is 17.3. The molecule has 0 saturated carbocycles. The van der Waals surface area contributed by atoms with Crippen molar-refractivity contribution in [1.82, 2.24) is 34.3 Å². The SMILES string of the molecule is COc1ccc(-c2ccc3cnc(Nc4cnn(CCN5CCOCC5)c4)nn23)cn1. The number of methoxy groups -OCH3 is 1. The fourth-order valence-electron chi connectivity index (χ4n) is 3.58. The molecule has 0 unspecified atom stereocenters. The van der Waals surface area contributed by atoms with Gasteiger partial charge in [-0.2, -0.15) is 5.10 Å². The van der Waals surface area contributed by atoms with E-state index in [0.29, 0.717) is 11.8 Å². The van der Waals surface area contributed by atoms with Gasteiger partial charge in [0.05, 0.1) is 56.2 Å². The van der Waals surface area contributed by atoms with Gasteiger partial charge >= 0.3 is 0 Å². The zero-order valence-corrected chi connectivity index (χ0v) is 17.3. The van der Waals surface area contributed by atoms with E-state index in [2.05, 4.69) is 30.4 Å². The topological polar surface area (TPSA) is 94.6 Å². The van der Waals surface area contributed by atoms with E-state index in [1.54, 1.807) is 25.7 Å². The number of nitrogens with zero attached hydrogens (tertiary/aromatic N) is 7. The monoisotopic (exact) mass is 420 g/mol. The number of pyridine rings is 1. The van der Waals surface area contributed by atoms with Gasteiger partial charge in [-0.05, 0) is 18.2 Å². The van der Waals surface area contributed by atoms with Crippen molar-refractivity contribution in [1.29, 1.82) is 0 Å². The fraction of sp³-hybridized carbons (Fsp3) is 0.333. The third-order valence-corrected chi connectivity index (χ3v) is 5.28. The molecule has 0 aromatic carbocycles. The number of aromatic nitrogens is 6. The van der Waals surface area contributed by atoms with E-state index in [1.807, 2.05) is 39.7 Å². The Morgan fingerprint density at radius 3 is 2.74 bits per heavy atom. The number of anilines is 2. The third-order valence-electron chi connectivity index (χ3n) is 5.28. The average Bonchev–Trinajstić information content (AvgIpc) is 3.45. The van der Waals surface area contributed by atoms with Crippen LogP contribution < -0.4 is 10.1 Å². The first-order valence-electron chi connectivity index (χ1n) is 10.2. The summed E-state index contributed by atoms with van der Waals surface area (Å²) < 4.78 is 14.3. The molecule has 31 heavy (non-hydrogen) atoms. The van der Waals surface area contributed by atoms with Crippen molar-refractivity contribution >= 4 is 17.2 Å². The Balaban J connectivity index is 1.30. The fourth-order valence-corrected chi connectivity index (χ4v) is 3.58. The van der Waals surface area contributed by atoms with Gasteiger partial charge in [-0.3, -0.25) is 9.58 Å². The molecule has 4 aromatic rings. The molecule has 0 aliphatic carbocycles. The summed E-state index contributed by atoms with van der Waals surface area (Å²) in [6, 6.07) is 7.77. The van der Waals surface area contributed by atoms with E-state index < -0.39 is 0 Å². The van der Waals surface area contributed by atoms with Crippen LogP contribution in [-0.2, 0) is 11.3 Å². The highest BCUT2D eigenvalue weighted by molar-refractivity contribution is 5.66. The molecule has 1 saturated heterocycles. The number of nitrogens with one attached hydrogen (secondary N) is 1. The number of hydrogen-bond donors (Lipinski definition) is 1. The lowest BCUT2D eigenvalue weighted by Gasteiger charge is -2.26. The van der Waals surface area contributed by atoms with Gasteiger partial charge < -0.3 is 14.8 Å². The second kappa shape index (κ2) is 8.70. The Kier molecular flexibility index (Phi) is 5.46. The molecule has 5 rings (SSSR count). The Bertz CT molecular complexity index is 1150. The number of fused-ring (bicyclic) bond motifs is 1. The summed E-state index contributed by atoms with van der Waals surface area (Å²) in [5.74, 6) is 1.08. The van der Waals surface area contributed by atoms with Crippen LogP contribution in [0.25, 0.3) is 16.8 Å². The normalized spacial score (nSPS) is 14.7. The van der Waals surface area contributed by atoms with E-state index in [0.717, 1.165) is 61.9 Å². The maximum atomic E-state index is 5.39. The molecule has 0 atom stereocenters. The van der Waals surface area contributed by atoms with Gasteiger partial charge in [0.15, 0.2) is 0 Å². The van der Waals surface area contributed by atoms with E-state index in [9.17, 15) is 0 Å². The zero-order chi connectivity index (χ0) is 21.0. The Labute approximate surface area is 179 Å². The Hall–Kier alpha value is -3.50. The quantitative estimate of drug-likeness (QED) is 0.486. The lowest BCUT2D eigenvalue weighted by atomic mass is 10.2. The molecule has 1 fully saturated rings. The summed E-state index contributed by atoms with van der Waals surface area (Å²) in [5, 5.41) is 12.3. The Morgan fingerprint density at radius 2 is 1.94 bits per heavy atom. The predicted octanol–water partition coefficient (Wildman–Crippen LogP) is 2.07. The van der Waals surface area contributed by atoms with Crippen molar-refractivity contribution < 1.29 is 9.47 Å². The second-order valence-corrected chi connectivity index (χ2v) is 7.30. The van der Waals surface area contributed by atoms with Crippen molar-refractivity contribution in [3.63, 3.8) is 0 Å². The molecule has 1 aliphatic heterocycles. The summed E-state index contributed by atoms with van der Waals surface area (Å²) in [5.41, 5.74) is 3.62. The number of rotatable bonds is 7. The number of ether oxygens (including phenoxy) is 2. The van der Waals surface area contributed by atoms with Gasteiger partial charge in [0, 0.05) is 43.7 Å². The molecular formula is C21H24N8O2. The van der Waals surface area contributed by atoms with E-state index in [-0.39, 0.29) is 0 Å². The van der Waals surface area contributed by atoms with Gasteiger partial charge in [-0.15, -0.1) is 5.10 Å². The van der Waals surface area contributed by atoms with Crippen LogP contribution in [0.5, 0.6) is 5.88 Å². The molecule has 4 aromatic heterocycles. The van der Waals surface area contributed by atoms with Crippen LogP contribution in [0.4, 0.5) is 11.6 Å². The molecule has 160 valence electrons. The first kappa shape index (κ1) is 19.5. The summed E-state index contributed by atoms with van der Waals surface area (Å²) in [6.45, 7) is 5.34. The number of hydrogen-bond acceptors (Lipinski definition) is 8. The first-order valence-corrected chi connectivity index (χ1v) is 10.2. The summed E-state index contributed by atoms with van der Waals surface area (Å²) in [6.07, 6.45) is 7.32. The van der Waals surface area contributed by atoms with Crippen LogP contribution in [0.2, 0.25) is 0 Å². The van der Waals surface area contributed by atoms with E-state index in [4.69, 9.17) is 9.47 Å². The molecule has 0 radical (unpaired) electrons. The van der Waals surface area contributed by atoms with Crippen LogP contribution in [-0.4, -0.2) is 74.2 Å². The molecule has 10 heteroatoms. The molecular weight excluding hydrogens is 396 g/mol. The third kappa shape index (κ3) is 4.35.